The molecule has 50 heavy (non-hydrogen) atoms. The highest BCUT2D eigenvalue weighted by atomic mass is 14.9. The Morgan fingerprint density at radius 3 is 1.52 bits per heavy atom. The molecular formula is C47H29N3. The van der Waals surface area contributed by atoms with Crippen molar-refractivity contribution in [3.63, 3.8) is 0 Å². The number of rotatable bonds is 5. The van der Waals surface area contributed by atoms with Crippen LogP contribution in [0.3, 0.4) is 0 Å². The monoisotopic (exact) mass is 635 g/mol. The van der Waals surface area contributed by atoms with Crippen LogP contribution in [0.4, 0.5) is 0 Å². The molecule has 0 spiro atoms. The third-order valence-electron chi connectivity index (χ3n) is 9.55. The van der Waals surface area contributed by atoms with Gasteiger partial charge in [-0.1, -0.05) is 152 Å². The van der Waals surface area contributed by atoms with Crippen molar-refractivity contribution in [2.75, 3.05) is 0 Å². The highest BCUT2D eigenvalue weighted by molar-refractivity contribution is 6.05. The molecule has 0 radical (unpaired) electrons. The number of nitriles is 1. The van der Waals surface area contributed by atoms with E-state index in [9.17, 15) is 0 Å². The molecular weight excluding hydrogens is 607 g/mol. The molecule has 0 bridgehead atoms. The second kappa shape index (κ2) is 12.3. The largest absolute Gasteiger partial charge is 0.228 e. The van der Waals surface area contributed by atoms with Crippen molar-refractivity contribution in [1.29, 1.82) is 5.26 Å². The van der Waals surface area contributed by atoms with Crippen LogP contribution in [0, 0.1) is 11.3 Å². The van der Waals surface area contributed by atoms with Crippen LogP contribution in [-0.4, -0.2) is 9.97 Å². The van der Waals surface area contributed by atoms with E-state index >= 15 is 0 Å². The van der Waals surface area contributed by atoms with Gasteiger partial charge >= 0.3 is 0 Å². The van der Waals surface area contributed by atoms with E-state index in [1.165, 1.54) is 38.2 Å². The number of aromatic nitrogens is 2. The van der Waals surface area contributed by atoms with Gasteiger partial charge < -0.3 is 0 Å². The van der Waals surface area contributed by atoms with Crippen LogP contribution >= 0.6 is 0 Å². The third-order valence-corrected chi connectivity index (χ3v) is 9.55. The third kappa shape index (κ3) is 5.26. The lowest BCUT2D eigenvalue weighted by atomic mass is 9.91. The normalized spacial score (nSPS) is 11.2. The average molecular weight is 636 g/mol. The Morgan fingerprint density at radius 1 is 0.380 bits per heavy atom. The van der Waals surface area contributed by atoms with E-state index in [1.54, 1.807) is 0 Å². The highest BCUT2D eigenvalue weighted by Gasteiger charge is 2.14. The van der Waals surface area contributed by atoms with Crippen molar-refractivity contribution >= 4 is 32.4 Å². The summed E-state index contributed by atoms with van der Waals surface area (Å²) in [5, 5.41) is 15.0. The van der Waals surface area contributed by atoms with Gasteiger partial charge in [0.2, 0.25) is 0 Å². The standard InChI is InChI=1S/C47H29N3/c48-30-31-13-15-33(16-14-31)34-17-20-35(21-18-34)40-27-28-41(43-10-4-3-9-42(40)43)36-22-24-37(25-23-36)46-44-11-5-6-12-45(44)49-47(50-46)39-26-19-32-7-1-2-8-38(32)29-39/h1-29H. The van der Waals surface area contributed by atoms with Gasteiger partial charge in [-0.05, 0) is 79.2 Å². The molecule has 0 N–H and O–H groups in total. The van der Waals surface area contributed by atoms with Crippen LogP contribution in [0.25, 0.3) is 88.5 Å². The maximum atomic E-state index is 9.15. The van der Waals surface area contributed by atoms with Crippen molar-refractivity contribution in [3.8, 4) is 62.1 Å². The summed E-state index contributed by atoms with van der Waals surface area (Å²) in [6.07, 6.45) is 0. The lowest BCUT2D eigenvalue weighted by molar-refractivity contribution is 1.23. The maximum absolute atomic E-state index is 9.15. The van der Waals surface area contributed by atoms with Gasteiger partial charge in [-0.25, -0.2) is 9.97 Å². The number of para-hydroxylation sites is 1. The zero-order valence-corrected chi connectivity index (χ0v) is 27.1. The van der Waals surface area contributed by atoms with Gasteiger partial charge in [-0.3, -0.25) is 0 Å². The summed E-state index contributed by atoms with van der Waals surface area (Å²) in [6.45, 7) is 0. The Hall–Kier alpha value is -6.89. The first kappa shape index (κ1) is 29.3. The minimum Gasteiger partial charge on any atom is -0.228 e. The van der Waals surface area contributed by atoms with Crippen LogP contribution in [-0.2, 0) is 0 Å². The molecule has 1 aromatic heterocycles. The first-order valence-electron chi connectivity index (χ1n) is 16.7. The quantitative estimate of drug-likeness (QED) is 0.189. The summed E-state index contributed by atoms with van der Waals surface area (Å²) < 4.78 is 0. The summed E-state index contributed by atoms with van der Waals surface area (Å²) in [6, 6.07) is 63.5. The van der Waals surface area contributed by atoms with E-state index in [-0.39, 0.29) is 0 Å². The topological polar surface area (TPSA) is 49.6 Å². The van der Waals surface area contributed by atoms with Crippen molar-refractivity contribution in [2.45, 2.75) is 0 Å². The Kier molecular flexibility index (Phi) is 7.19. The minimum atomic E-state index is 0.667. The predicted octanol–water partition coefficient (Wildman–Crippen LogP) is 12.1. The van der Waals surface area contributed by atoms with Gasteiger partial charge in [0.15, 0.2) is 5.82 Å². The molecule has 0 unspecified atom stereocenters. The Bertz CT molecular complexity index is 2740. The average Bonchev–Trinajstić information content (AvgIpc) is 3.20. The second-order valence-corrected chi connectivity index (χ2v) is 12.5. The second-order valence-electron chi connectivity index (χ2n) is 12.5. The summed E-state index contributed by atoms with van der Waals surface area (Å²) in [4.78, 5) is 10.1. The fourth-order valence-corrected chi connectivity index (χ4v) is 6.94. The lowest BCUT2D eigenvalue weighted by Gasteiger charge is -2.14. The van der Waals surface area contributed by atoms with Crippen LogP contribution in [0.15, 0.2) is 176 Å². The van der Waals surface area contributed by atoms with Gasteiger partial charge in [0.25, 0.3) is 0 Å². The van der Waals surface area contributed by atoms with Crippen LogP contribution < -0.4 is 0 Å². The number of hydrogen-bond donors (Lipinski definition) is 0. The van der Waals surface area contributed by atoms with E-state index in [4.69, 9.17) is 15.2 Å². The van der Waals surface area contributed by atoms with Gasteiger partial charge in [-0.15, -0.1) is 0 Å². The molecule has 8 aromatic carbocycles. The lowest BCUT2D eigenvalue weighted by Crippen LogP contribution is -1.95. The molecule has 232 valence electrons. The molecule has 3 heteroatoms. The van der Waals surface area contributed by atoms with Gasteiger partial charge in [0, 0.05) is 16.5 Å². The Balaban J connectivity index is 1.08. The molecule has 9 aromatic rings. The fourth-order valence-electron chi connectivity index (χ4n) is 6.94. The molecule has 3 nitrogen and oxygen atoms in total. The molecule has 0 atom stereocenters. The van der Waals surface area contributed by atoms with Gasteiger partial charge in [-0.2, -0.15) is 5.26 Å². The summed E-state index contributed by atoms with van der Waals surface area (Å²) in [7, 11) is 0. The molecule has 9 rings (SSSR count). The van der Waals surface area contributed by atoms with Gasteiger partial charge in [0.05, 0.1) is 22.8 Å². The predicted molar refractivity (Wildman–Crippen MR) is 206 cm³/mol. The summed E-state index contributed by atoms with van der Waals surface area (Å²) in [5.74, 6) is 0.722. The summed E-state index contributed by atoms with van der Waals surface area (Å²) in [5.41, 5.74) is 11.5. The SMILES string of the molecule is N#Cc1ccc(-c2ccc(-c3ccc(-c4ccc(-c5nc(-c6ccc7ccccc7c6)nc6ccccc56)cc4)c4ccccc34)cc2)cc1. The van der Waals surface area contributed by atoms with E-state index in [1.807, 2.05) is 36.4 Å². The van der Waals surface area contributed by atoms with Crippen LogP contribution in [0.5, 0.6) is 0 Å². The fraction of sp³-hybridized carbons (Fsp3) is 0. The number of benzene rings is 8. The van der Waals surface area contributed by atoms with Crippen molar-refractivity contribution in [3.05, 3.63) is 181 Å². The molecule has 0 aliphatic rings. The number of fused-ring (bicyclic) bond motifs is 3. The van der Waals surface area contributed by atoms with Crippen molar-refractivity contribution in [2.24, 2.45) is 0 Å². The molecule has 0 fully saturated rings. The maximum Gasteiger partial charge on any atom is 0.160 e. The Labute approximate surface area is 290 Å². The van der Waals surface area contributed by atoms with E-state index in [0.717, 1.165) is 50.2 Å². The Morgan fingerprint density at radius 2 is 0.880 bits per heavy atom. The molecule has 0 aliphatic heterocycles. The van der Waals surface area contributed by atoms with Crippen LogP contribution in [0.1, 0.15) is 5.56 Å². The first-order valence-corrected chi connectivity index (χ1v) is 16.7. The molecule has 0 saturated carbocycles. The number of hydrogen-bond acceptors (Lipinski definition) is 3. The highest BCUT2D eigenvalue weighted by Crippen LogP contribution is 2.38. The smallest absolute Gasteiger partial charge is 0.160 e. The molecule has 1 heterocycles. The molecule has 0 aliphatic carbocycles. The van der Waals surface area contributed by atoms with Crippen LogP contribution in [0.2, 0.25) is 0 Å². The molecule has 0 amide bonds. The van der Waals surface area contributed by atoms with Gasteiger partial charge in [0.1, 0.15) is 0 Å². The zero-order valence-electron chi connectivity index (χ0n) is 27.1. The number of nitrogens with zero attached hydrogens (tertiary/aromatic N) is 3. The van der Waals surface area contributed by atoms with Crippen molar-refractivity contribution < 1.29 is 0 Å². The molecule has 0 saturated heterocycles. The summed E-state index contributed by atoms with van der Waals surface area (Å²) >= 11 is 0. The van der Waals surface area contributed by atoms with Crippen molar-refractivity contribution in [1.82, 2.24) is 9.97 Å². The van der Waals surface area contributed by atoms with E-state index in [0.29, 0.717) is 5.56 Å². The first-order chi connectivity index (χ1) is 24.7. The van der Waals surface area contributed by atoms with E-state index < -0.39 is 0 Å². The zero-order chi connectivity index (χ0) is 33.4. The minimum absolute atomic E-state index is 0.667. The van der Waals surface area contributed by atoms with E-state index in [2.05, 4.69) is 146 Å².